The van der Waals surface area contributed by atoms with Crippen LogP contribution in [0, 0.1) is 0 Å². The lowest BCUT2D eigenvalue weighted by Crippen LogP contribution is -2.23. The number of amides is 1. The normalized spacial score (nSPS) is 10.9. The first-order valence-electron chi connectivity index (χ1n) is 7.38. The molecule has 0 atom stereocenters. The number of hydrogen-bond donors (Lipinski definition) is 2. The molecule has 8 heteroatoms. The van der Waals surface area contributed by atoms with Gasteiger partial charge in [0, 0.05) is 15.6 Å². The van der Waals surface area contributed by atoms with Crippen molar-refractivity contribution in [3.8, 4) is 17.0 Å². The topological polar surface area (TPSA) is 92.4 Å². The van der Waals surface area contributed by atoms with Gasteiger partial charge in [0.15, 0.2) is 0 Å². The van der Waals surface area contributed by atoms with Crippen LogP contribution in [0.15, 0.2) is 64.3 Å². The minimum Gasteiger partial charge on any atom is -0.507 e. The smallest absolute Gasteiger partial charge is 0.261 e. The summed E-state index contributed by atoms with van der Waals surface area (Å²) in [5.74, 6) is -0.278. The van der Waals surface area contributed by atoms with Crippen LogP contribution in [0.2, 0.25) is 0 Å². The van der Waals surface area contributed by atoms with Crippen LogP contribution in [0.5, 0.6) is 5.75 Å². The van der Waals surface area contributed by atoms with Gasteiger partial charge in [-0.2, -0.15) is 5.10 Å². The van der Waals surface area contributed by atoms with Gasteiger partial charge in [-0.1, -0.05) is 51.5 Å². The van der Waals surface area contributed by atoms with E-state index in [1.165, 1.54) is 17.0 Å². The fraction of sp³-hybridized carbons (Fsp3) is 0.0588. The van der Waals surface area contributed by atoms with E-state index in [0.29, 0.717) is 11.3 Å². The largest absolute Gasteiger partial charge is 0.507 e. The maximum absolute atomic E-state index is 11.9. The molecule has 0 radical (unpaired) electrons. The van der Waals surface area contributed by atoms with E-state index in [-0.39, 0.29) is 18.2 Å². The summed E-state index contributed by atoms with van der Waals surface area (Å²) in [5, 5.41) is 21.5. The molecule has 0 aliphatic heterocycles. The molecule has 2 aromatic carbocycles. The van der Waals surface area contributed by atoms with Crippen molar-refractivity contribution >= 4 is 28.1 Å². The van der Waals surface area contributed by atoms with Crippen LogP contribution in [0.4, 0.5) is 0 Å². The standard InChI is InChI=1S/C17H14BrN5O2/c18-14-6-7-16(24)13(8-14)9-19-21-17(25)11-23-10-15(20-22-23)12-4-2-1-3-5-12/h1-10,24H,11H2,(H,21,25)/b19-9+. The number of nitrogens with one attached hydrogen (secondary N) is 1. The summed E-state index contributed by atoms with van der Waals surface area (Å²) in [5.41, 5.74) is 4.50. The Morgan fingerprint density at radius 2 is 2.08 bits per heavy atom. The molecule has 126 valence electrons. The lowest BCUT2D eigenvalue weighted by atomic mass is 10.2. The van der Waals surface area contributed by atoms with Gasteiger partial charge in [-0.3, -0.25) is 4.79 Å². The number of rotatable bonds is 5. The Hall–Kier alpha value is -3.00. The highest BCUT2D eigenvalue weighted by atomic mass is 79.9. The number of benzene rings is 2. The van der Waals surface area contributed by atoms with Crippen molar-refractivity contribution < 1.29 is 9.90 Å². The molecule has 0 aliphatic rings. The lowest BCUT2D eigenvalue weighted by Gasteiger charge is -2.01. The molecule has 0 bridgehead atoms. The molecule has 7 nitrogen and oxygen atoms in total. The highest BCUT2D eigenvalue weighted by Crippen LogP contribution is 2.20. The molecular formula is C17H14BrN5O2. The minimum absolute atomic E-state index is 0.0123. The van der Waals surface area contributed by atoms with Gasteiger partial charge in [0.2, 0.25) is 0 Å². The van der Waals surface area contributed by atoms with E-state index in [2.05, 4.69) is 36.8 Å². The second kappa shape index (κ2) is 7.71. The van der Waals surface area contributed by atoms with Crippen LogP contribution >= 0.6 is 15.9 Å². The van der Waals surface area contributed by atoms with Gasteiger partial charge in [-0.25, -0.2) is 10.1 Å². The Kier molecular flexibility index (Phi) is 5.20. The van der Waals surface area contributed by atoms with E-state index >= 15 is 0 Å². The van der Waals surface area contributed by atoms with Crippen molar-refractivity contribution in [3.63, 3.8) is 0 Å². The number of aromatic nitrogens is 3. The van der Waals surface area contributed by atoms with Crippen LogP contribution in [-0.2, 0) is 11.3 Å². The number of carbonyl (C=O) groups is 1. The molecule has 0 saturated carbocycles. The van der Waals surface area contributed by atoms with Crippen LogP contribution in [-0.4, -0.2) is 32.2 Å². The fourth-order valence-corrected chi connectivity index (χ4v) is 2.48. The van der Waals surface area contributed by atoms with Crippen LogP contribution in [0.25, 0.3) is 11.3 Å². The van der Waals surface area contributed by atoms with Crippen LogP contribution in [0.3, 0.4) is 0 Å². The summed E-state index contributed by atoms with van der Waals surface area (Å²) >= 11 is 3.30. The molecule has 1 aromatic heterocycles. The predicted octanol–water partition coefficient (Wildman–Crippen LogP) is 2.56. The van der Waals surface area contributed by atoms with Gasteiger partial charge in [0.1, 0.15) is 18.0 Å². The van der Waals surface area contributed by atoms with Crippen molar-refractivity contribution in [3.05, 3.63) is 64.8 Å². The van der Waals surface area contributed by atoms with E-state index in [9.17, 15) is 9.90 Å². The molecule has 0 aliphatic carbocycles. The second-order valence-electron chi connectivity index (χ2n) is 5.16. The summed E-state index contributed by atoms with van der Waals surface area (Å²) in [4.78, 5) is 11.9. The molecular weight excluding hydrogens is 386 g/mol. The quantitative estimate of drug-likeness (QED) is 0.509. The number of halogens is 1. The highest BCUT2D eigenvalue weighted by molar-refractivity contribution is 9.10. The van der Waals surface area contributed by atoms with Gasteiger partial charge in [-0.15, -0.1) is 5.10 Å². The van der Waals surface area contributed by atoms with Crippen molar-refractivity contribution in [2.75, 3.05) is 0 Å². The fourth-order valence-electron chi connectivity index (χ4n) is 2.10. The van der Waals surface area contributed by atoms with Crippen molar-refractivity contribution in [2.45, 2.75) is 6.54 Å². The summed E-state index contributed by atoms with van der Waals surface area (Å²) in [6.07, 6.45) is 3.06. The number of nitrogens with zero attached hydrogens (tertiary/aromatic N) is 4. The van der Waals surface area contributed by atoms with Gasteiger partial charge in [0.25, 0.3) is 5.91 Å². The van der Waals surface area contributed by atoms with Crippen LogP contribution in [0.1, 0.15) is 5.56 Å². The molecule has 1 amide bonds. The van der Waals surface area contributed by atoms with E-state index < -0.39 is 0 Å². The first-order valence-corrected chi connectivity index (χ1v) is 8.17. The third-order valence-electron chi connectivity index (χ3n) is 3.30. The summed E-state index contributed by atoms with van der Waals surface area (Å²) in [7, 11) is 0. The SMILES string of the molecule is O=C(Cn1cc(-c2ccccc2)nn1)N/N=C/c1cc(Br)ccc1O. The Bertz CT molecular complexity index is 908. The van der Waals surface area contributed by atoms with Crippen molar-refractivity contribution in [2.24, 2.45) is 5.10 Å². The number of phenolic OH excluding ortho intramolecular Hbond substituents is 1. The minimum atomic E-state index is -0.352. The number of hydrazone groups is 1. The maximum atomic E-state index is 11.9. The predicted molar refractivity (Wildman–Crippen MR) is 97.0 cm³/mol. The molecule has 3 aromatic rings. The summed E-state index contributed by atoms with van der Waals surface area (Å²) in [6.45, 7) is -0.0123. The summed E-state index contributed by atoms with van der Waals surface area (Å²) < 4.78 is 2.23. The number of aromatic hydroxyl groups is 1. The Morgan fingerprint density at radius 3 is 2.88 bits per heavy atom. The molecule has 0 fully saturated rings. The Balaban J connectivity index is 1.59. The van der Waals surface area contributed by atoms with E-state index in [0.717, 1.165) is 10.0 Å². The third kappa shape index (κ3) is 4.51. The Labute approximate surface area is 152 Å². The highest BCUT2D eigenvalue weighted by Gasteiger charge is 2.07. The average molecular weight is 400 g/mol. The molecule has 2 N–H and O–H groups in total. The first kappa shape index (κ1) is 16.8. The number of carbonyl (C=O) groups excluding carboxylic acids is 1. The monoisotopic (exact) mass is 399 g/mol. The zero-order chi connectivity index (χ0) is 17.6. The molecule has 1 heterocycles. The zero-order valence-corrected chi connectivity index (χ0v) is 14.6. The number of phenols is 1. The van der Waals surface area contributed by atoms with Crippen LogP contribution < -0.4 is 5.43 Å². The van der Waals surface area contributed by atoms with Gasteiger partial charge in [-0.05, 0) is 18.2 Å². The molecule has 0 spiro atoms. The van der Waals surface area contributed by atoms with E-state index in [1.54, 1.807) is 18.3 Å². The third-order valence-corrected chi connectivity index (χ3v) is 3.79. The molecule has 0 saturated heterocycles. The maximum Gasteiger partial charge on any atom is 0.261 e. The molecule has 25 heavy (non-hydrogen) atoms. The second-order valence-corrected chi connectivity index (χ2v) is 6.08. The van der Waals surface area contributed by atoms with E-state index in [1.807, 2.05) is 30.3 Å². The average Bonchev–Trinajstić information content (AvgIpc) is 3.07. The molecule has 0 unspecified atom stereocenters. The van der Waals surface area contributed by atoms with Crippen molar-refractivity contribution in [1.82, 2.24) is 20.4 Å². The van der Waals surface area contributed by atoms with Crippen molar-refractivity contribution in [1.29, 1.82) is 0 Å². The Morgan fingerprint density at radius 1 is 1.28 bits per heavy atom. The van der Waals surface area contributed by atoms with Gasteiger partial charge in [0.05, 0.1) is 12.4 Å². The number of hydrogen-bond acceptors (Lipinski definition) is 5. The lowest BCUT2D eigenvalue weighted by molar-refractivity contribution is -0.121. The van der Waals surface area contributed by atoms with Gasteiger partial charge >= 0.3 is 0 Å². The zero-order valence-electron chi connectivity index (χ0n) is 13.0. The summed E-state index contributed by atoms with van der Waals surface area (Å²) in [6, 6.07) is 14.5. The first-order chi connectivity index (χ1) is 12.1. The molecule has 3 rings (SSSR count). The van der Waals surface area contributed by atoms with Gasteiger partial charge < -0.3 is 5.11 Å². The van der Waals surface area contributed by atoms with E-state index in [4.69, 9.17) is 0 Å².